The Balaban J connectivity index is 1.36. The molecule has 2 aromatic rings. The maximum atomic E-state index is 12.8. The molecular formula is C27H33N3O5. The zero-order chi connectivity index (χ0) is 24.9. The zero-order valence-electron chi connectivity index (χ0n) is 20.2. The topological polar surface area (TPSA) is 108 Å². The number of carbonyl (C=O) groups is 3. The molecule has 0 spiro atoms. The first-order chi connectivity index (χ1) is 16.8. The number of ether oxygens (including phenoxy) is 1. The minimum absolute atomic E-state index is 0.0199. The summed E-state index contributed by atoms with van der Waals surface area (Å²) in [5, 5.41) is 14.9. The van der Waals surface area contributed by atoms with Gasteiger partial charge in [-0.05, 0) is 55.1 Å². The highest BCUT2D eigenvalue weighted by atomic mass is 16.5. The van der Waals surface area contributed by atoms with Crippen molar-refractivity contribution in [2.45, 2.75) is 43.7 Å². The van der Waals surface area contributed by atoms with Crippen molar-refractivity contribution >= 4 is 18.0 Å². The molecule has 2 amide bonds. The highest BCUT2D eigenvalue weighted by Gasteiger charge is 2.33. The molecule has 186 valence electrons. The van der Waals surface area contributed by atoms with E-state index in [0.29, 0.717) is 0 Å². The summed E-state index contributed by atoms with van der Waals surface area (Å²) in [5.74, 6) is -1.34. The first kappa shape index (κ1) is 24.7. The summed E-state index contributed by atoms with van der Waals surface area (Å²) in [7, 11) is 3.50. The molecule has 2 atom stereocenters. The van der Waals surface area contributed by atoms with E-state index in [4.69, 9.17) is 4.74 Å². The van der Waals surface area contributed by atoms with Crippen molar-refractivity contribution in [2.24, 2.45) is 5.92 Å². The van der Waals surface area contributed by atoms with E-state index in [1.807, 2.05) is 24.3 Å². The van der Waals surface area contributed by atoms with E-state index in [-0.39, 0.29) is 31.4 Å². The zero-order valence-corrected chi connectivity index (χ0v) is 20.2. The molecule has 0 bridgehead atoms. The number of carbonyl (C=O) groups excluding carboxylic acids is 2. The van der Waals surface area contributed by atoms with Gasteiger partial charge < -0.3 is 25.4 Å². The average Bonchev–Trinajstić information content (AvgIpc) is 3.09. The summed E-state index contributed by atoms with van der Waals surface area (Å²) < 4.78 is 5.66. The number of alkyl carbamates (subject to hydrolysis) is 1. The van der Waals surface area contributed by atoms with Gasteiger partial charge in [0.25, 0.3) is 0 Å². The van der Waals surface area contributed by atoms with Crippen molar-refractivity contribution < 1.29 is 24.2 Å². The third-order valence-corrected chi connectivity index (χ3v) is 6.95. The van der Waals surface area contributed by atoms with Crippen LogP contribution in [0, 0.1) is 5.92 Å². The van der Waals surface area contributed by atoms with Gasteiger partial charge in [0.2, 0.25) is 5.91 Å². The van der Waals surface area contributed by atoms with E-state index in [1.54, 1.807) is 19.0 Å². The van der Waals surface area contributed by atoms with Crippen LogP contribution in [0.2, 0.25) is 0 Å². The molecule has 3 N–H and O–H groups in total. The number of fused-ring (bicyclic) bond motifs is 3. The smallest absolute Gasteiger partial charge is 0.407 e. The van der Waals surface area contributed by atoms with Gasteiger partial charge in [-0.15, -0.1) is 0 Å². The minimum Gasteiger partial charge on any atom is -0.480 e. The van der Waals surface area contributed by atoms with E-state index in [1.165, 1.54) is 0 Å². The van der Waals surface area contributed by atoms with Crippen LogP contribution in [0.15, 0.2) is 48.5 Å². The number of hydrogen-bond donors (Lipinski definition) is 3. The van der Waals surface area contributed by atoms with Gasteiger partial charge in [-0.2, -0.15) is 0 Å². The fraction of sp³-hybridized carbons (Fsp3) is 0.444. The Morgan fingerprint density at radius 1 is 1.00 bits per heavy atom. The molecule has 35 heavy (non-hydrogen) atoms. The summed E-state index contributed by atoms with van der Waals surface area (Å²) >= 11 is 0. The lowest BCUT2D eigenvalue weighted by Gasteiger charge is -2.34. The summed E-state index contributed by atoms with van der Waals surface area (Å²) in [6, 6.07) is 14.9. The van der Waals surface area contributed by atoms with Gasteiger partial charge in [-0.25, -0.2) is 9.59 Å². The Morgan fingerprint density at radius 2 is 1.60 bits per heavy atom. The number of aliphatic carboxylic acids is 1. The fourth-order valence-electron chi connectivity index (χ4n) is 4.97. The van der Waals surface area contributed by atoms with Crippen molar-refractivity contribution in [3.63, 3.8) is 0 Å². The quantitative estimate of drug-likeness (QED) is 0.483. The molecule has 4 rings (SSSR count). The van der Waals surface area contributed by atoms with Crippen LogP contribution in [-0.2, 0) is 14.3 Å². The lowest BCUT2D eigenvalue weighted by Crippen LogP contribution is -2.50. The fourth-order valence-corrected chi connectivity index (χ4v) is 4.97. The number of nitrogens with zero attached hydrogens (tertiary/aromatic N) is 1. The third kappa shape index (κ3) is 5.82. The molecule has 8 nitrogen and oxygen atoms in total. The predicted molar refractivity (Wildman–Crippen MR) is 132 cm³/mol. The number of carboxylic acid groups (broad SMARTS) is 1. The minimum atomic E-state index is -1.09. The molecule has 2 unspecified atom stereocenters. The average molecular weight is 480 g/mol. The molecule has 0 aliphatic heterocycles. The molecule has 0 heterocycles. The van der Waals surface area contributed by atoms with E-state index in [2.05, 4.69) is 34.9 Å². The number of benzene rings is 2. The molecule has 1 fully saturated rings. The van der Waals surface area contributed by atoms with Gasteiger partial charge in [0, 0.05) is 24.9 Å². The third-order valence-electron chi connectivity index (χ3n) is 6.95. The second-order valence-corrected chi connectivity index (χ2v) is 9.69. The summed E-state index contributed by atoms with van der Waals surface area (Å²) in [4.78, 5) is 38.6. The highest BCUT2D eigenvalue weighted by Crippen LogP contribution is 2.44. The van der Waals surface area contributed by atoms with Crippen LogP contribution in [0.25, 0.3) is 11.1 Å². The summed E-state index contributed by atoms with van der Waals surface area (Å²) in [6.07, 6.45) is 2.35. The molecule has 2 aliphatic rings. The highest BCUT2D eigenvalue weighted by molar-refractivity contribution is 5.84. The first-order valence-electron chi connectivity index (χ1n) is 12.1. The monoisotopic (exact) mass is 479 g/mol. The number of rotatable bonds is 10. The molecule has 0 saturated heterocycles. The SMILES string of the molecule is CN(C)CC(NC(=O)CC(NC(=O)OCC1c2ccccc2-c2ccccc21)C1CCC1)C(=O)O. The first-order valence-corrected chi connectivity index (χ1v) is 12.1. The number of carboxylic acids is 1. The molecule has 2 aliphatic carbocycles. The number of likely N-dealkylation sites (N-methyl/N-ethyl adjacent to an activating group) is 1. The van der Waals surface area contributed by atoms with Gasteiger partial charge in [0.15, 0.2) is 0 Å². The standard InChI is InChI=1S/C27H33N3O5/c1-30(2)15-24(26(32)33)28-25(31)14-23(17-8-7-9-17)29-27(34)35-16-22-20-12-5-3-10-18(20)19-11-4-6-13-21(19)22/h3-6,10-13,17,22-24H,7-9,14-16H2,1-2H3,(H,28,31)(H,29,34)(H,32,33). The Labute approximate surface area is 205 Å². The van der Waals surface area contributed by atoms with E-state index < -0.39 is 30.1 Å². The van der Waals surface area contributed by atoms with Gasteiger partial charge in [0.05, 0.1) is 0 Å². The number of hydrogen-bond acceptors (Lipinski definition) is 5. The van der Waals surface area contributed by atoms with Gasteiger partial charge in [-0.1, -0.05) is 55.0 Å². The lowest BCUT2D eigenvalue weighted by atomic mass is 9.78. The largest absolute Gasteiger partial charge is 0.480 e. The number of amides is 2. The van der Waals surface area contributed by atoms with Crippen LogP contribution in [0.5, 0.6) is 0 Å². The van der Waals surface area contributed by atoms with E-state index in [9.17, 15) is 19.5 Å². The van der Waals surface area contributed by atoms with Gasteiger partial charge in [-0.3, -0.25) is 4.79 Å². The molecule has 8 heteroatoms. The van der Waals surface area contributed by atoms with Crippen LogP contribution >= 0.6 is 0 Å². The maximum absolute atomic E-state index is 12.8. The van der Waals surface area contributed by atoms with E-state index in [0.717, 1.165) is 41.5 Å². The Hall–Kier alpha value is -3.39. The summed E-state index contributed by atoms with van der Waals surface area (Å²) in [5.41, 5.74) is 4.59. The van der Waals surface area contributed by atoms with Crippen LogP contribution in [-0.4, -0.2) is 67.3 Å². The predicted octanol–water partition coefficient (Wildman–Crippen LogP) is 3.21. The van der Waals surface area contributed by atoms with Crippen LogP contribution < -0.4 is 10.6 Å². The maximum Gasteiger partial charge on any atom is 0.407 e. The van der Waals surface area contributed by atoms with E-state index >= 15 is 0 Å². The lowest BCUT2D eigenvalue weighted by molar-refractivity contribution is -0.142. The molecule has 2 aromatic carbocycles. The molecular weight excluding hydrogens is 446 g/mol. The van der Waals surface area contributed by atoms with Crippen LogP contribution in [0.1, 0.15) is 42.7 Å². The second kappa shape index (κ2) is 10.9. The Bertz CT molecular complexity index is 1040. The Morgan fingerprint density at radius 3 is 2.11 bits per heavy atom. The van der Waals surface area contributed by atoms with Gasteiger partial charge >= 0.3 is 12.1 Å². The van der Waals surface area contributed by atoms with Crippen molar-refractivity contribution in [3.8, 4) is 11.1 Å². The Kier molecular flexibility index (Phi) is 7.70. The van der Waals surface area contributed by atoms with Crippen molar-refractivity contribution in [1.82, 2.24) is 15.5 Å². The molecule has 0 radical (unpaired) electrons. The normalized spacial score (nSPS) is 16.5. The second-order valence-electron chi connectivity index (χ2n) is 9.69. The summed E-state index contributed by atoms with van der Waals surface area (Å²) in [6.45, 7) is 0.391. The van der Waals surface area contributed by atoms with Gasteiger partial charge in [0.1, 0.15) is 12.6 Å². The van der Waals surface area contributed by atoms with Crippen molar-refractivity contribution in [3.05, 3.63) is 59.7 Å². The molecule has 0 aromatic heterocycles. The van der Waals surface area contributed by atoms with Crippen LogP contribution in [0.3, 0.4) is 0 Å². The number of nitrogens with one attached hydrogen (secondary N) is 2. The molecule has 1 saturated carbocycles. The van der Waals surface area contributed by atoms with Crippen molar-refractivity contribution in [2.75, 3.05) is 27.2 Å². The van der Waals surface area contributed by atoms with Crippen LogP contribution in [0.4, 0.5) is 4.79 Å². The van der Waals surface area contributed by atoms with Crippen molar-refractivity contribution in [1.29, 1.82) is 0 Å².